The van der Waals surface area contributed by atoms with Crippen molar-refractivity contribution in [3.63, 3.8) is 0 Å². The fourth-order valence-electron chi connectivity index (χ4n) is 4.05. The first-order valence-corrected chi connectivity index (χ1v) is 14.2. The van der Waals surface area contributed by atoms with Gasteiger partial charge in [0.2, 0.25) is 0 Å². The van der Waals surface area contributed by atoms with Crippen LogP contribution in [-0.2, 0) is 16.7 Å². The van der Waals surface area contributed by atoms with Crippen LogP contribution in [0.2, 0.25) is 0 Å². The highest BCUT2D eigenvalue weighted by Crippen LogP contribution is 2.37. The summed E-state index contributed by atoms with van der Waals surface area (Å²) in [6, 6.07) is 24.8. The van der Waals surface area contributed by atoms with Crippen LogP contribution in [0.4, 0.5) is 28.4 Å². The fraction of sp³-hybridized carbons (Fsp3) is 0.200. The quantitative estimate of drug-likeness (QED) is 0.143. The lowest BCUT2D eigenvalue weighted by Gasteiger charge is -2.23. The maximum atomic E-state index is 11.3. The van der Waals surface area contributed by atoms with Gasteiger partial charge in [-0.05, 0) is 79.6 Å². The zero-order valence-electron chi connectivity index (χ0n) is 23.2. The van der Waals surface area contributed by atoms with Gasteiger partial charge in [0.05, 0.1) is 30.5 Å². The highest BCUT2D eigenvalue weighted by Gasteiger charge is 2.11. The third-order valence-corrected chi connectivity index (χ3v) is 7.18. The zero-order valence-corrected chi connectivity index (χ0v) is 24.0. The molecule has 4 aromatic carbocycles. The number of hydrogen-bond donors (Lipinski definition) is 1. The molecule has 0 atom stereocenters. The van der Waals surface area contributed by atoms with E-state index in [-0.39, 0.29) is 4.90 Å². The molecule has 0 saturated carbocycles. The van der Waals surface area contributed by atoms with E-state index >= 15 is 0 Å². The predicted octanol–water partition coefficient (Wildman–Crippen LogP) is 8.12. The lowest BCUT2D eigenvalue weighted by Crippen LogP contribution is -2.21. The van der Waals surface area contributed by atoms with E-state index in [9.17, 15) is 13.0 Å². The molecule has 0 heterocycles. The van der Waals surface area contributed by atoms with Crippen LogP contribution in [0.15, 0.2) is 110 Å². The number of azo groups is 2. The zero-order chi connectivity index (χ0) is 29.4. The Labute approximate surface area is 239 Å². The van der Waals surface area contributed by atoms with Gasteiger partial charge in [-0.25, -0.2) is 0 Å². The second kappa shape index (κ2) is 13.2. The van der Waals surface area contributed by atoms with Crippen molar-refractivity contribution in [3.8, 4) is 11.5 Å². The lowest BCUT2D eigenvalue weighted by atomic mass is 10.1. The number of methoxy groups -OCH3 is 2. The number of nitrogens with zero attached hydrogens (tertiary/aromatic N) is 5. The molecule has 0 amide bonds. The summed E-state index contributed by atoms with van der Waals surface area (Å²) in [7, 11) is -1.06. The summed E-state index contributed by atoms with van der Waals surface area (Å²) in [4.78, 5) is 2.01. The van der Waals surface area contributed by atoms with Crippen LogP contribution < -0.4 is 14.4 Å². The Bertz CT molecular complexity index is 1650. The van der Waals surface area contributed by atoms with Gasteiger partial charge in [-0.15, -0.1) is 10.2 Å². The van der Waals surface area contributed by atoms with Crippen LogP contribution in [0.25, 0.3) is 0 Å². The van der Waals surface area contributed by atoms with E-state index in [0.717, 1.165) is 23.4 Å². The van der Waals surface area contributed by atoms with Gasteiger partial charge in [0.1, 0.15) is 22.9 Å². The standard InChI is InChI=1S/C30H31N5O5S/c1-5-35(20-22-10-16-25(17-11-22)41(36,37)38)24-14-12-23(13-15-24)31-34-28-18-21(2)27(19-30(28)40-4)33-32-26-8-6-7-9-29(26)39-3/h6-19H,5,20H2,1-4H3,(H,36,37,38). The summed E-state index contributed by atoms with van der Waals surface area (Å²) >= 11 is 0. The Kier molecular flexibility index (Phi) is 9.43. The monoisotopic (exact) mass is 573 g/mol. The number of anilines is 1. The molecule has 0 fully saturated rings. The summed E-state index contributed by atoms with van der Waals surface area (Å²) < 4.78 is 42.6. The molecule has 0 aliphatic rings. The molecule has 1 N–H and O–H groups in total. The first kappa shape index (κ1) is 29.4. The first-order valence-electron chi connectivity index (χ1n) is 12.8. The van der Waals surface area contributed by atoms with Crippen molar-refractivity contribution in [2.24, 2.45) is 20.5 Å². The highest BCUT2D eigenvalue weighted by molar-refractivity contribution is 7.85. The molecule has 0 aliphatic heterocycles. The largest absolute Gasteiger partial charge is 0.494 e. The molecular weight excluding hydrogens is 542 g/mol. The Hall–Kier alpha value is -4.61. The molecule has 0 aliphatic carbocycles. The number of benzene rings is 4. The Morgan fingerprint density at radius 2 is 1.39 bits per heavy atom. The molecule has 212 valence electrons. The van der Waals surface area contributed by atoms with Crippen molar-refractivity contribution in [2.45, 2.75) is 25.3 Å². The molecule has 11 heteroatoms. The van der Waals surface area contributed by atoms with Gasteiger partial charge in [0, 0.05) is 24.8 Å². The van der Waals surface area contributed by atoms with Gasteiger partial charge in [-0.3, -0.25) is 4.55 Å². The normalized spacial score (nSPS) is 11.7. The molecular formula is C30H31N5O5S. The molecule has 0 saturated heterocycles. The fourth-order valence-corrected chi connectivity index (χ4v) is 4.53. The molecule has 10 nitrogen and oxygen atoms in total. The van der Waals surface area contributed by atoms with Crippen molar-refractivity contribution >= 4 is 38.6 Å². The Balaban J connectivity index is 1.48. The maximum Gasteiger partial charge on any atom is 0.294 e. The van der Waals surface area contributed by atoms with E-state index in [1.807, 2.05) is 68.4 Å². The van der Waals surface area contributed by atoms with Crippen molar-refractivity contribution in [1.29, 1.82) is 0 Å². The molecule has 0 radical (unpaired) electrons. The topological polar surface area (TPSA) is 126 Å². The van der Waals surface area contributed by atoms with Crippen molar-refractivity contribution < 1.29 is 22.4 Å². The van der Waals surface area contributed by atoms with Crippen LogP contribution >= 0.6 is 0 Å². The van der Waals surface area contributed by atoms with Crippen molar-refractivity contribution in [2.75, 3.05) is 25.7 Å². The number of hydrogen-bond acceptors (Lipinski definition) is 9. The summed E-state index contributed by atoms with van der Waals surface area (Å²) in [5, 5.41) is 17.5. The van der Waals surface area contributed by atoms with E-state index < -0.39 is 10.1 Å². The van der Waals surface area contributed by atoms with Gasteiger partial charge in [-0.2, -0.15) is 18.6 Å². The predicted molar refractivity (Wildman–Crippen MR) is 158 cm³/mol. The maximum absolute atomic E-state index is 11.3. The van der Waals surface area contributed by atoms with Crippen LogP contribution in [0.1, 0.15) is 18.1 Å². The van der Waals surface area contributed by atoms with E-state index in [0.29, 0.717) is 40.8 Å². The van der Waals surface area contributed by atoms with Crippen LogP contribution in [-0.4, -0.2) is 33.7 Å². The summed E-state index contributed by atoms with van der Waals surface area (Å²) in [5.74, 6) is 1.15. The minimum atomic E-state index is -4.21. The SMILES string of the molecule is CCN(Cc1ccc(S(=O)(=O)O)cc1)c1ccc(N=Nc2cc(C)c(N=Nc3ccccc3OC)cc2OC)cc1. The van der Waals surface area contributed by atoms with Gasteiger partial charge >= 0.3 is 0 Å². The first-order chi connectivity index (χ1) is 19.7. The molecule has 0 bridgehead atoms. The number of rotatable bonds is 11. The van der Waals surface area contributed by atoms with E-state index in [2.05, 4.69) is 25.4 Å². The average molecular weight is 574 g/mol. The van der Waals surface area contributed by atoms with Gasteiger partial charge in [0.15, 0.2) is 0 Å². The number of aryl methyl sites for hydroxylation is 1. The number of para-hydroxylation sites is 1. The Morgan fingerprint density at radius 1 is 0.756 bits per heavy atom. The van der Waals surface area contributed by atoms with Gasteiger partial charge in [0.25, 0.3) is 10.1 Å². The third kappa shape index (κ3) is 7.53. The number of ether oxygens (including phenoxy) is 2. The summed E-state index contributed by atoms with van der Waals surface area (Å²) in [6.45, 7) is 5.26. The molecule has 0 unspecified atom stereocenters. The van der Waals surface area contributed by atoms with Crippen LogP contribution in [0.5, 0.6) is 11.5 Å². The van der Waals surface area contributed by atoms with Gasteiger partial charge < -0.3 is 14.4 Å². The minimum Gasteiger partial charge on any atom is -0.494 e. The molecule has 4 aromatic rings. The molecule has 41 heavy (non-hydrogen) atoms. The molecule has 0 spiro atoms. The van der Waals surface area contributed by atoms with Gasteiger partial charge in [-0.1, -0.05) is 24.3 Å². The third-order valence-electron chi connectivity index (χ3n) is 6.31. The summed E-state index contributed by atoms with van der Waals surface area (Å²) in [6.07, 6.45) is 0. The minimum absolute atomic E-state index is 0.127. The van der Waals surface area contributed by atoms with E-state index in [1.165, 1.54) is 12.1 Å². The average Bonchev–Trinajstić information content (AvgIpc) is 2.98. The lowest BCUT2D eigenvalue weighted by molar-refractivity contribution is 0.415. The van der Waals surface area contributed by atoms with Crippen molar-refractivity contribution in [3.05, 3.63) is 96.1 Å². The Morgan fingerprint density at radius 3 is 2.02 bits per heavy atom. The summed E-state index contributed by atoms with van der Waals surface area (Å²) in [5.41, 5.74) is 5.24. The van der Waals surface area contributed by atoms with Crippen LogP contribution in [0, 0.1) is 6.92 Å². The molecule has 0 aromatic heterocycles. The second-order valence-corrected chi connectivity index (χ2v) is 10.5. The van der Waals surface area contributed by atoms with E-state index in [1.54, 1.807) is 32.4 Å². The smallest absolute Gasteiger partial charge is 0.294 e. The highest BCUT2D eigenvalue weighted by atomic mass is 32.2. The second-order valence-electron chi connectivity index (χ2n) is 9.03. The molecule has 4 rings (SSSR count). The van der Waals surface area contributed by atoms with E-state index in [4.69, 9.17) is 9.47 Å². The van der Waals surface area contributed by atoms with Crippen LogP contribution in [0.3, 0.4) is 0 Å². The van der Waals surface area contributed by atoms with Crippen molar-refractivity contribution in [1.82, 2.24) is 0 Å².